The third-order valence-electron chi connectivity index (χ3n) is 2.23. The number of aromatic nitrogens is 1. The molecule has 0 spiro atoms. The van der Waals surface area contributed by atoms with E-state index in [1.807, 2.05) is 6.07 Å². The monoisotopic (exact) mass is 281 g/mol. The Labute approximate surface area is 113 Å². The molecule has 0 aliphatic carbocycles. The molecule has 6 heteroatoms. The standard InChI is InChI=1S/C12H9ClFN3S/c13-12-17-7-11(18-12)6-16-10-4-8(1-2-15)3-9(14)5-10/h3-5,7,16H,1,6H2. The molecule has 3 nitrogen and oxygen atoms in total. The Morgan fingerprint density at radius 3 is 2.94 bits per heavy atom. The molecule has 1 N–H and O–H groups in total. The number of halogens is 2. The summed E-state index contributed by atoms with van der Waals surface area (Å²) in [6.07, 6.45) is 1.87. The lowest BCUT2D eigenvalue weighted by molar-refractivity contribution is 0.626. The molecular formula is C12H9ClFN3S. The molecular weight excluding hydrogens is 273 g/mol. The fourth-order valence-electron chi connectivity index (χ4n) is 1.50. The van der Waals surface area contributed by atoms with E-state index in [-0.39, 0.29) is 12.2 Å². The second-order valence-electron chi connectivity index (χ2n) is 3.62. The molecule has 2 rings (SSSR count). The van der Waals surface area contributed by atoms with Crippen molar-refractivity contribution in [3.8, 4) is 6.07 Å². The molecule has 2 aromatic rings. The van der Waals surface area contributed by atoms with Crippen LogP contribution in [0.15, 0.2) is 24.4 Å². The molecule has 0 bridgehead atoms. The number of rotatable bonds is 4. The Hall–Kier alpha value is -1.64. The van der Waals surface area contributed by atoms with E-state index in [9.17, 15) is 4.39 Å². The molecule has 0 saturated heterocycles. The molecule has 1 heterocycles. The first-order valence-electron chi connectivity index (χ1n) is 5.18. The van der Waals surface area contributed by atoms with Crippen molar-refractivity contribution in [3.05, 3.63) is 45.1 Å². The Bertz CT molecular complexity index is 591. The zero-order chi connectivity index (χ0) is 13.0. The number of hydrogen-bond acceptors (Lipinski definition) is 4. The van der Waals surface area contributed by atoms with Crippen molar-refractivity contribution in [2.75, 3.05) is 5.32 Å². The van der Waals surface area contributed by atoms with Gasteiger partial charge in [-0.1, -0.05) is 11.6 Å². The van der Waals surface area contributed by atoms with Gasteiger partial charge < -0.3 is 5.32 Å². The Morgan fingerprint density at radius 1 is 1.44 bits per heavy atom. The third-order valence-corrected chi connectivity index (χ3v) is 3.35. The van der Waals surface area contributed by atoms with Gasteiger partial charge in [0.25, 0.3) is 0 Å². The van der Waals surface area contributed by atoms with Crippen LogP contribution in [0.5, 0.6) is 0 Å². The summed E-state index contributed by atoms with van der Waals surface area (Å²) in [5.74, 6) is -0.354. The van der Waals surface area contributed by atoms with Crippen LogP contribution in [0.2, 0.25) is 4.47 Å². The van der Waals surface area contributed by atoms with E-state index >= 15 is 0 Å². The van der Waals surface area contributed by atoms with Crippen molar-refractivity contribution < 1.29 is 4.39 Å². The predicted molar refractivity (Wildman–Crippen MR) is 70.2 cm³/mol. The number of nitrogens with zero attached hydrogens (tertiary/aromatic N) is 2. The summed E-state index contributed by atoms with van der Waals surface area (Å²) < 4.78 is 13.8. The highest BCUT2D eigenvalue weighted by Crippen LogP contribution is 2.20. The predicted octanol–water partition coefficient (Wildman–Crippen LogP) is 3.61. The molecule has 0 unspecified atom stereocenters. The normalized spacial score (nSPS) is 10.1. The number of nitrogens with one attached hydrogen (secondary N) is 1. The van der Waals surface area contributed by atoms with Gasteiger partial charge in [0.05, 0.1) is 19.0 Å². The number of nitriles is 1. The van der Waals surface area contributed by atoms with Gasteiger partial charge in [0.15, 0.2) is 4.47 Å². The van der Waals surface area contributed by atoms with E-state index < -0.39 is 0 Å². The third kappa shape index (κ3) is 3.42. The molecule has 1 aromatic heterocycles. The van der Waals surface area contributed by atoms with Gasteiger partial charge in [-0.25, -0.2) is 9.37 Å². The minimum Gasteiger partial charge on any atom is -0.380 e. The van der Waals surface area contributed by atoms with E-state index in [0.717, 1.165) is 4.88 Å². The van der Waals surface area contributed by atoms with Crippen LogP contribution >= 0.6 is 22.9 Å². The van der Waals surface area contributed by atoms with Gasteiger partial charge in [-0.15, -0.1) is 11.3 Å². The van der Waals surface area contributed by atoms with Crippen LogP contribution in [0.4, 0.5) is 10.1 Å². The topological polar surface area (TPSA) is 48.7 Å². The summed E-state index contributed by atoms with van der Waals surface area (Å²) in [5, 5.41) is 11.7. The molecule has 18 heavy (non-hydrogen) atoms. The van der Waals surface area contributed by atoms with Gasteiger partial charge >= 0.3 is 0 Å². The second-order valence-corrected chi connectivity index (χ2v) is 5.31. The van der Waals surface area contributed by atoms with E-state index in [2.05, 4.69) is 10.3 Å². The van der Waals surface area contributed by atoms with Crippen LogP contribution in [0.25, 0.3) is 0 Å². The summed E-state index contributed by atoms with van der Waals surface area (Å²) >= 11 is 7.09. The second kappa shape index (κ2) is 5.80. The minimum absolute atomic E-state index is 0.193. The Balaban J connectivity index is 2.07. The Morgan fingerprint density at radius 2 is 2.28 bits per heavy atom. The van der Waals surface area contributed by atoms with E-state index in [1.165, 1.54) is 23.5 Å². The summed E-state index contributed by atoms with van der Waals surface area (Å²) in [5.41, 5.74) is 1.30. The highest BCUT2D eigenvalue weighted by molar-refractivity contribution is 7.15. The van der Waals surface area contributed by atoms with Crippen LogP contribution in [0.3, 0.4) is 0 Å². The van der Waals surface area contributed by atoms with E-state index in [1.54, 1.807) is 12.3 Å². The van der Waals surface area contributed by atoms with Gasteiger partial charge in [-0.3, -0.25) is 0 Å². The van der Waals surface area contributed by atoms with Crippen LogP contribution in [0.1, 0.15) is 10.4 Å². The molecule has 0 saturated carbocycles. The summed E-state index contributed by atoms with van der Waals surface area (Å²) in [6.45, 7) is 0.528. The van der Waals surface area contributed by atoms with Crippen molar-refractivity contribution in [2.45, 2.75) is 13.0 Å². The number of benzene rings is 1. The Kier molecular flexibility index (Phi) is 4.13. The summed E-state index contributed by atoms with van der Waals surface area (Å²) in [6, 6.07) is 6.51. The van der Waals surface area contributed by atoms with Crippen LogP contribution < -0.4 is 5.32 Å². The van der Waals surface area contributed by atoms with E-state index in [4.69, 9.17) is 16.9 Å². The van der Waals surface area contributed by atoms with E-state index in [0.29, 0.717) is 22.3 Å². The zero-order valence-corrected chi connectivity index (χ0v) is 10.9. The molecule has 0 aliphatic heterocycles. The van der Waals surface area contributed by atoms with Gasteiger partial charge in [-0.05, 0) is 23.8 Å². The van der Waals surface area contributed by atoms with Gasteiger partial charge in [-0.2, -0.15) is 5.26 Å². The quantitative estimate of drug-likeness (QED) is 0.931. The average Bonchev–Trinajstić information content (AvgIpc) is 2.72. The van der Waals surface area contributed by atoms with Crippen molar-refractivity contribution >= 4 is 28.6 Å². The van der Waals surface area contributed by atoms with Gasteiger partial charge in [0.1, 0.15) is 5.82 Å². The average molecular weight is 282 g/mol. The zero-order valence-electron chi connectivity index (χ0n) is 9.28. The van der Waals surface area contributed by atoms with Gasteiger partial charge in [0.2, 0.25) is 0 Å². The number of anilines is 1. The first-order chi connectivity index (χ1) is 8.67. The maximum atomic E-state index is 13.3. The molecule has 0 aliphatic rings. The molecule has 92 valence electrons. The fraction of sp³-hybridized carbons (Fsp3) is 0.167. The van der Waals surface area contributed by atoms with Crippen molar-refractivity contribution in [3.63, 3.8) is 0 Å². The molecule has 0 atom stereocenters. The van der Waals surface area contributed by atoms with Crippen molar-refractivity contribution in [1.29, 1.82) is 5.26 Å². The van der Waals surface area contributed by atoms with Gasteiger partial charge in [0, 0.05) is 16.8 Å². The largest absolute Gasteiger partial charge is 0.380 e. The summed E-state index contributed by atoms with van der Waals surface area (Å²) in [4.78, 5) is 4.88. The van der Waals surface area contributed by atoms with Crippen LogP contribution in [-0.4, -0.2) is 4.98 Å². The maximum absolute atomic E-state index is 13.3. The van der Waals surface area contributed by atoms with Crippen LogP contribution in [-0.2, 0) is 13.0 Å². The van der Waals surface area contributed by atoms with Crippen LogP contribution in [0, 0.1) is 17.1 Å². The SMILES string of the molecule is N#CCc1cc(F)cc(NCc2cnc(Cl)s2)c1. The minimum atomic E-state index is -0.354. The smallest absolute Gasteiger partial charge is 0.183 e. The number of hydrogen-bond donors (Lipinski definition) is 1. The first-order valence-corrected chi connectivity index (χ1v) is 6.37. The lowest BCUT2D eigenvalue weighted by atomic mass is 10.1. The highest BCUT2D eigenvalue weighted by Gasteiger charge is 2.03. The van der Waals surface area contributed by atoms with Crippen molar-refractivity contribution in [2.24, 2.45) is 0 Å². The molecule has 1 aromatic carbocycles. The highest BCUT2D eigenvalue weighted by atomic mass is 35.5. The molecule has 0 radical (unpaired) electrons. The first kappa shape index (κ1) is 12.8. The summed E-state index contributed by atoms with van der Waals surface area (Å²) in [7, 11) is 0. The molecule has 0 fully saturated rings. The lowest BCUT2D eigenvalue weighted by Gasteiger charge is -2.06. The fourth-order valence-corrected chi connectivity index (χ4v) is 2.42. The maximum Gasteiger partial charge on any atom is 0.183 e. The lowest BCUT2D eigenvalue weighted by Crippen LogP contribution is -1.99. The molecule has 0 amide bonds. The number of thiazole rings is 1. The van der Waals surface area contributed by atoms with Crippen molar-refractivity contribution in [1.82, 2.24) is 4.98 Å².